The molecule has 6 heteroatoms. The summed E-state index contributed by atoms with van der Waals surface area (Å²) in [5, 5.41) is 9.97. The number of aromatic amines is 1. The van der Waals surface area contributed by atoms with Gasteiger partial charge in [-0.1, -0.05) is 121 Å². The van der Waals surface area contributed by atoms with E-state index in [0.717, 1.165) is 33.1 Å². The van der Waals surface area contributed by atoms with Crippen LogP contribution < -0.4 is 0 Å². The topological polar surface area (TPSA) is 59.4 Å². The first kappa shape index (κ1) is 26.7. The van der Waals surface area contributed by atoms with Gasteiger partial charge in [0.1, 0.15) is 0 Å². The molecular weight excluding hydrogens is 619 g/mol. The predicted octanol–water partition coefficient (Wildman–Crippen LogP) is 11.5. The summed E-state index contributed by atoms with van der Waals surface area (Å²) in [6.45, 7) is 0. The molecule has 49 heavy (non-hydrogen) atoms. The summed E-state index contributed by atoms with van der Waals surface area (Å²) < 4.78 is 4.76. The van der Waals surface area contributed by atoms with Gasteiger partial charge in [0.15, 0.2) is 11.6 Å². The van der Waals surface area contributed by atoms with Crippen molar-refractivity contribution in [1.29, 1.82) is 0 Å². The number of nitrogens with one attached hydrogen (secondary N) is 1. The number of nitrogens with zero attached hydrogens (tertiary/aromatic N) is 4. The lowest BCUT2D eigenvalue weighted by Crippen LogP contribution is -2.06. The van der Waals surface area contributed by atoms with Crippen molar-refractivity contribution in [1.82, 2.24) is 24.5 Å². The van der Waals surface area contributed by atoms with Crippen LogP contribution in [0.3, 0.4) is 0 Å². The minimum absolute atomic E-state index is 0.601. The zero-order valence-electron chi connectivity index (χ0n) is 26.1. The van der Waals surface area contributed by atoms with E-state index >= 15 is 0 Å². The second-order valence-corrected chi connectivity index (χ2v) is 13.6. The lowest BCUT2D eigenvalue weighted by Gasteiger charge is -2.11. The van der Waals surface area contributed by atoms with Gasteiger partial charge >= 0.3 is 0 Å². The zero-order valence-corrected chi connectivity index (χ0v) is 26.9. The Kier molecular flexibility index (Phi) is 5.48. The molecule has 0 unspecified atom stereocenters. The summed E-state index contributed by atoms with van der Waals surface area (Å²) in [6, 6.07) is 51.1. The first-order chi connectivity index (χ1) is 24.3. The normalized spacial score (nSPS) is 12.1. The third kappa shape index (κ3) is 3.83. The molecule has 4 heterocycles. The number of benzene rings is 7. The Bertz CT molecular complexity index is 3040. The lowest BCUT2D eigenvalue weighted by molar-refractivity contribution is 0.954. The molecule has 0 saturated heterocycles. The van der Waals surface area contributed by atoms with E-state index in [2.05, 4.69) is 119 Å². The molecule has 11 rings (SSSR count). The Morgan fingerprint density at radius 2 is 1.08 bits per heavy atom. The number of rotatable bonds is 3. The maximum Gasteiger partial charge on any atom is 0.238 e. The van der Waals surface area contributed by atoms with Crippen molar-refractivity contribution in [2.75, 3.05) is 0 Å². The van der Waals surface area contributed by atoms with E-state index in [1.807, 2.05) is 47.7 Å². The van der Waals surface area contributed by atoms with Gasteiger partial charge in [0, 0.05) is 69.1 Å². The molecule has 1 N–H and O–H groups in total. The molecule has 0 spiro atoms. The van der Waals surface area contributed by atoms with E-state index in [1.165, 1.54) is 52.6 Å². The third-order valence-corrected chi connectivity index (χ3v) is 11.0. The monoisotopic (exact) mass is 643 g/mol. The Morgan fingerprint density at radius 1 is 0.469 bits per heavy atom. The van der Waals surface area contributed by atoms with Crippen LogP contribution in [0, 0.1) is 0 Å². The molecule has 0 bridgehead atoms. The van der Waals surface area contributed by atoms with E-state index in [-0.39, 0.29) is 0 Å². The predicted molar refractivity (Wildman–Crippen MR) is 205 cm³/mol. The van der Waals surface area contributed by atoms with Crippen molar-refractivity contribution < 1.29 is 0 Å². The summed E-state index contributed by atoms with van der Waals surface area (Å²) in [5.41, 5.74) is 6.38. The summed E-state index contributed by atoms with van der Waals surface area (Å²) in [6.07, 6.45) is 0. The molecule has 0 amide bonds. The van der Waals surface area contributed by atoms with Gasteiger partial charge in [-0.15, -0.1) is 11.3 Å². The van der Waals surface area contributed by atoms with Crippen LogP contribution >= 0.6 is 11.3 Å². The molecule has 5 nitrogen and oxygen atoms in total. The van der Waals surface area contributed by atoms with Crippen molar-refractivity contribution in [2.24, 2.45) is 0 Å². The number of fused-ring (bicyclic) bond motifs is 13. The molecule has 0 aliphatic rings. The SMILES string of the molecule is c1ccc(-c2nc(-c3ccccc3)nc(-n3c4ccccc4c4cc5c(cc43)sc3c4ccccc4c4[nH]c6ccccc6c4c53)n2)cc1. The molecular formula is C43H25N5S. The highest BCUT2D eigenvalue weighted by Crippen LogP contribution is 2.48. The van der Waals surface area contributed by atoms with Crippen LogP contribution in [-0.4, -0.2) is 24.5 Å². The molecule has 0 aliphatic heterocycles. The zero-order chi connectivity index (χ0) is 32.1. The quantitative estimate of drug-likeness (QED) is 0.208. The molecule has 0 saturated carbocycles. The first-order valence-electron chi connectivity index (χ1n) is 16.4. The summed E-state index contributed by atoms with van der Waals surface area (Å²) in [5.74, 6) is 1.89. The van der Waals surface area contributed by atoms with Crippen molar-refractivity contribution >= 4 is 85.9 Å². The molecule has 7 aromatic carbocycles. The van der Waals surface area contributed by atoms with E-state index in [9.17, 15) is 0 Å². The van der Waals surface area contributed by atoms with Crippen LogP contribution in [0.4, 0.5) is 0 Å². The fourth-order valence-electron chi connectivity index (χ4n) is 7.61. The summed E-state index contributed by atoms with van der Waals surface area (Å²) in [7, 11) is 0. The van der Waals surface area contributed by atoms with Crippen LogP contribution in [0.1, 0.15) is 0 Å². The van der Waals surface area contributed by atoms with Gasteiger partial charge in [-0.2, -0.15) is 9.97 Å². The number of aromatic nitrogens is 5. The molecule has 228 valence electrons. The number of para-hydroxylation sites is 2. The van der Waals surface area contributed by atoms with Crippen LogP contribution in [-0.2, 0) is 0 Å². The van der Waals surface area contributed by atoms with Crippen LogP contribution in [0.5, 0.6) is 0 Å². The largest absolute Gasteiger partial charge is 0.354 e. The lowest BCUT2D eigenvalue weighted by atomic mass is 9.99. The van der Waals surface area contributed by atoms with Crippen molar-refractivity contribution in [3.05, 3.63) is 146 Å². The van der Waals surface area contributed by atoms with Gasteiger partial charge in [0.05, 0.1) is 16.6 Å². The van der Waals surface area contributed by atoms with E-state index < -0.39 is 0 Å². The second-order valence-electron chi connectivity index (χ2n) is 12.5. The molecule has 4 aromatic heterocycles. The highest BCUT2D eigenvalue weighted by molar-refractivity contribution is 7.27. The summed E-state index contributed by atoms with van der Waals surface area (Å²) in [4.78, 5) is 19.0. The molecule has 11 aromatic rings. The number of H-pyrrole nitrogens is 1. The fraction of sp³-hybridized carbons (Fsp3) is 0. The highest BCUT2D eigenvalue weighted by Gasteiger charge is 2.22. The van der Waals surface area contributed by atoms with Gasteiger partial charge in [0.2, 0.25) is 5.95 Å². The standard InChI is InChI=1S/C43H25N5S/c1-3-13-25(14-4-1)41-45-42(26-15-5-2-6-16-26)47-43(46-41)48-34-22-12-10-17-27(34)31-23-32-36(24-35(31)48)49-40-29-19-8-7-18-28(29)39-37(38(32)40)30-20-9-11-21-33(30)44-39/h1-24,44H. The summed E-state index contributed by atoms with van der Waals surface area (Å²) >= 11 is 1.87. The minimum atomic E-state index is 0.601. The van der Waals surface area contributed by atoms with Gasteiger partial charge in [-0.05, 0) is 24.3 Å². The van der Waals surface area contributed by atoms with Crippen LogP contribution in [0.15, 0.2) is 146 Å². The maximum absolute atomic E-state index is 5.14. The fourth-order valence-corrected chi connectivity index (χ4v) is 8.88. The molecule has 0 fully saturated rings. The maximum atomic E-state index is 5.14. The van der Waals surface area contributed by atoms with Gasteiger partial charge in [-0.25, -0.2) is 4.98 Å². The number of hydrogen-bond donors (Lipinski definition) is 1. The number of hydrogen-bond acceptors (Lipinski definition) is 4. The average Bonchev–Trinajstić information content (AvgIpc) is 3.84. The Balaban J connectivity index is 1.28. The third-order valence-electron chi connectivity index (χ3n) is 9.77. The van der Waals surface area contributed by atoms with E-state index in [0.29, 0.717) is 17.6 Å². The first-order valence-corrected chi connectivity index (χ1v) is 17.2. The second kappa shape index (κ2) is 10.1. The molecule has 0 atom stereocenters. The van der Waals surface area contributed by atoms with Crippen LogP contribution in [0.25, 0.3) is 103 Å². The highest BCUT2D eigenvalue weighted by atomic mass is 32.1. The van der Waals surface area contributed by atoms with Crippen LogP contribution in [0.2, 0.25) is 0 Å². The molecule has 0 aliphatic carbocycles. The van der Waals surface area contributed by atoms with Gasteiger partial charge in [-0.3, -0.25) is 4.57 Å². The van der Waals surface area contributed by atoms with Crippen molar-refractivity contribution in [3.63, 3.8) is 0 Å². The number of thiophene rings is 1. The van der Waals surface area contributed by atoms with E-state index in [1.54, 1.807) is 0 Å². The van der Waals surface area contributed by atoms with Crippen molar-refractivity contribution in [3.8, 4) is 28.7 Å². The van der Waals surface area contributed by atoms with Crippen molar-refractivity contribution in [2.45, 2.75) is 0 Å². The smallest absolute Gasteiger partial charge is 0.238 e. The van der Waals surface area contributed by atoms with Gasteiger partial charge < -0.3 is 4.98 Å². The molecule has 0 radical (unpaired) electrons. The Labute approximate surface area is 283 Å². The Hall–Kier alpha value is -6.37. The Morgan fingerprint density at radius 3 is 1.82 bits per heavy atom. The van der Waals surface area contributed by atoms with E-state index in [4.69, 9.17) is 15.0 Å². The minimum Gasteiger partial charge on any atom is -0.354 e. The average molecular weight is 644 g/mol. The van der Waals surface area contributed by atoms with Gasteiger partial charge in [0.25, 0.3) is 0 Å².